The highest BCUT2D eigenvalue weighted by atomic mass is 79.9. The van der Waals surface area contributed by atoms with Gasteiger partial charge in [0.15, 0.2) is 6.10 Å². The van der Waals surface area contributed by atoms with Crippen LogP contribution in [-0.2, 0) is 4.79 Å². The zero-order valence-electron chi connectivity index (χ0n) is 12.1. The van der Waals surface area contributed by atoms with Crippen molar-refractivity contribution in [2.45, 2.75) is 26.4 Å². The first-order valence-electron chi connectivity index (χ1n) is 6.88. The molecule has 0 bridgehead atoms. The second-order valence-electron chi connectivity index (χ2n) is 4.82. The molecule has 2 rings (SSSR count). The second-order valence-corrected chi connectivity index (χ2v) is 5.74. The summed E-state index contributed by atoms with van der Waals surface area (Å²) in [5, 5.41) is 2.87. The minimum absolute atomic E-state index is 0.139. The fourth-order valence-corrected chi connectivity index (χ4v) is 2.12. The summed E-state index contributed by atoms with van der Waals surface area (Å²) >= 11 is 3.37. The molecule has 0 aliphatic rings. The van der Waals surface area contributed by atoms with Gasteiger partial charge < -0.3 is 10.1 Å². The van der Waals surface area contributed by atoms with Gasteiger partial charge in [0.05, 0.1) is 0 Å². The van der Waals surface area contributed by atoms with Crippen LogP contribution in [0.1, 0.15) is 18.9 Å². The molecule has 0 heterocycles. The summed E-state index contributed by atoms with van der Waals surface area (Å²) in [4.78, 5) is 12.3. The van der Waals surface area contributed by atoms with Crippen molar-refractivity contribution >= 4 is 27.5 Å². The normalized spacial score (nSPS) is 11.8. The van der Waals surface area contributed by atoms with Gasteiger partial charge in [-0.1, -0.05) is 40.5 Å². The summed E-state index contributed by atoms with van der Waals surface area (Å²) in [5.74, 6) is 0.568. The Morgan fingerprint density at radius 1 is 1.14 bits per heavy atom. The number of ether oxygens (including phenoxy) is 1. The van der Waals surface area contributed by atoms with Crippen molar-refractivity contribution in [1.82, 2.24) is 0 Å². The van der Waals surface area contributed by atoms with E-state index >= 15 is 0 Å². The number of benzene rings is 2. The number of hydrogen-bond donors (Lipinski definition) is 1. The molecule has 0 unspecified atom stereocenters. The van der Waals surface area contributed by atoms with Crippen molar-refractivity contribution < 1.29 is 9.53 Å². The molecule has 0 saturated heterocycles. The predicted octanol–water partition coefficient (Wildman–Crippen LogP) is 4.55. The first-order chi connectivity index (χ1) is 10.1. The van der Waals surface area contributed by atoms with Crippen LogP contribution in [0, 0.1) is 6.92 Å². The molecule has 0 aliphatic carbocycles. The number of carbonyl (C=O) groups excluding carboxylic acids is 1. The molecule has 110 valence electrons. The average Bonchev–Trinajstić information content (AvgIpc) is 2.49. The summed E-state index contributed by atoms with van der Waals surface area (Å²) in [5.41, 5.74) is 1.92. The molecule has 1 atom stereocenters. The quantitative estimate of drug-likeness (QED) is 0.861. The van der Waals surface area contributed by atoms with Gasteiger partial charge in [-0.25, -0.2) is 0 Å². The van der Waals surface area contributed by atoms with E-state index in [4.69, 9.17) is 4.74 Å². The lowest BCUT2D eigenvalue weighted by molar-refractivity contribution is -0.122. The topological polar surface area (TPSA) is 38.3 Å². The minimum Gasteiger partial charge on any atom is -0.481 e. The number of anilines is 1. The SMILES string of the molecule is CC[C@@H](Oc1ccc(C)cc1)C(=O)Nc1ccc(Br)cc1. The maximum atomic E-state index is 12.3. The van der Waals surface area contributed by atoms with Gasteiger partial charge in [0, 0.05) is 10.2 Å². The highest BCUT2D eigenvalue weighted by Crippen LogP contribution is 2.17. The van der Waals surface area contributed by atoms with Gasteiger partial charge >= 0.3 is 0 Å². The van der Waals surface area contributed by atoms with E-state index in [-0.39, 0.29) is 5.91 Å². The molecule has 2 aromatic rings. The Balaban J connectivity index is 2.01. The number of nitrogens with one attached hydrogen (secondary N) is 1. The Bertz CT molecular complexity index is 593. The first-order valence-corrected chi connectivity index (χ1v) is 7.67. The van der Waals surface area contributed by atoms with Crippen molar-refractivity contribution in [3.05, 3.63) is 58.6 Å². The highest BCUT2D eigenvalue weighted by molar-refractivity contribution is 9.10. The van der Waals surface area contributed by atoms with Crippen LogP contribution in [0.25, 0.3) is 0 Å². The Kier molecular flexibility index (Phi) is 5.39. The van der Waals surface area contributed by atoms with Crippen molar-refractivity contribution in [2.75, 3.05) is 5.32 Å². The third-order valence-electron chi connectivity index (χ3n) is 3.07. The van der Waals surface area contributed by atoms with Gasteiger partial charge in [0.2, 0.25) is 0 Å². The van der Waals surface area contributed by atoms with Crippen LogP contribution >= 0.6 is 15.9 Å². The zero-order valence-corrected chi connectivity index (χ0v) is 13.7. The van der Waals surface area contributed by atoms with Crippen molar-refractivity contribution in [3.8, 4) is 5.75 Å². The molecule has 1 N–H and O–H groups in total. The zero-order chi connectivity index (χ0) is 15.2. The van der Waals surface area contributed by atoms with Crippen molar-refractivity contribution in [3.63, 3.8) is 0 Å². The molecule has 0 saturated carbocycles. The van der Waals surface area contributed by atoms with E-state index in [2.05, 4.69) is 21.2 Å². The summed E-state index contributed by atoms with van der Waals surface area (Å²) < 4.78 is 6.73. The van der Waals surface area contributed by atoms with Crippen LogP contribution in [0.3, 0.4) is 0 Å². The van der Waals surface area contributed by atoms with Gasteiger partial charge in [0.25, 0.3) is 5.91 Å². The molecule has 2 aromatic carbocycles. The number of amides is 1. The molecular weight excluding hydrogens is 330 g/mol. The summed E-state index contributed by atoms with van der Waals surface area (Å²) in [6.07, 6.45) is 0.104. The third kappa shape index (κ3) is 4.60. The summed E-state index contributed by atoms with van der Waals surface area (Å²) in [6, 6.07) is 15.2. The molecule has 0 aliphatic heterocycles. The Hall–Kier alpha value is -1.81. The van der Waals surface area contributed by atoms with Crippen LogP contribution in [0.15, 0.2) is 53.0 Å². The second kappa shape index (κ2) is 7.27. The van der Waals surface area contributed by atoms with E-state index in [0.29, 0.717) is 12.2 Å². The number of halogens is 1. The van der Waals surface area contributed by atoms with E-state index in [1.54, 1.807) is 0 Å². The number of carbonyl (C=O) groups is 1. The highest BCUT2D eigenvalue weighted by Gasteiger charge is 2.18. The lowest BCUT2D eigenvalue weighted by atomic mass is 10.2. The van der Waals surface area contributed by atoms with E-state index in [1.807, 2.05) is 62.4 Å². The van der Waals surface area contributed by atoms with Crippen molar-refractivity contribution in [2.24, 2.45) is 0 Å². The predicted molar refractivity (Wildman–Crippen MR) is 88.7 cm³/mol. The Morgan fingerprint density at radius 3 is 2.33 bits per heavy atom. The summed E-state index contributed by atoms with van der Waals surface area (Å²) in [6.45, 7) is 3.95. The molecule has 0 spiro atoms. The maximum Gasteiger partial charge on any atom is 0.265 e. The van der Waals surface area contributed by atoms with Crippen LogP contribution in [0.2, 0.25) is 0 Å². The van der Waals surface area contributed by atoms with E-state index in [0.717, 1.165) is 15.7 Å². The molecule has 0 fully saturated rings. The van der Waals surface area contributed by atoms with Gasteiger partial charge in [0.1, 0.15) is 5.75 Å². The molecule has 0 aromatic heterocycles. The fraction of sp³-hybridized carbons (Fsp3) is 0.235. The van der Waals surface area contributed by atoms with Gasteiger partial charge in [-0.15, -0.1) is 0 Å². The monoisotopic (exact) mass is 347 g/mol. The molecule has 0 radical (unpaired) electrons. The summed E-state index contributed by atoms with van der Waals surface area (Å²) in [7, 11) is 0. The van der Waals surface area contributed by atoms with Crippen LogP contribution < -0.4 is 10.1 Å². The van der Waals surface area contributed by atoms with Crippen LogP contribution in [-0.4, -0.2) is 12.0 Å². The number of rotatable bonds is 5. The lowest BCUT2D eigenvalue weighted by Gasteiger charge is -2.17. The number of hydrogen-bond acceptors (Lipinski definition) is 2. The van der Waals surface area contributed by atoms with E-state index < -0.39 is 6.10 Å². The standard InChI is InChI=1S/C17H18BrNO2/c1-3-16(21-15-10-4-12(2)5-11-15)17(20)19-14-8-6-13(18)7-9-14/h4-11,16H,3H2,1-2H3,(H,19,20)/t16-/m1/s1. The van der Waals surface area contributed by atoms with Crippen molar-refractivity contribution in [1.29, 1.82) is 0 Å². The molecule has 4 heteroatoms. The average molecular weight is 348 g/mol. The lowest BCUT2D eigenvalue weighted by Crippen LogP contribution is -2.32. The smallest absolute Gasteiger partial charge is 0.265 e. The third-order valence-corrected chi connectivity index (χ3v) is 3.60. The largest absolute Gasteiger partial charge is 0.481 e. The molecule has 1 amide bonds. The fourth-order valence-electron chi connectivity index (χ4n) is 1.86. The molecule has 21 heavy (non-hydrogen) atoms. The molecule has 3 nitrogen and oxygen atoms in total. The van der Waals surface area contributed by atoms with E-state index in [1.165, 1.54) is 0 Å². The van der Waals surface area contributed by atoms with Gasteiger partial charge in [-0.2, -0.15) is 0 Å². The Labute approximate surface area is 133 Å². The Morgan fingerprint density at radius 2 is 1.76 bits per heavy atom. The van der Waals surface area contributed by atoms with Crippen LogP contribution in [0.4, 0.5) is 5.69 Å². The van der Waals surface area contributed by atoms with Gasteiger partial charge in [-0.3, -0.25) is 4.79 Å². The van der Waals surface area contributed by atoms with E-state index in [9.17, 15) is 4.79 Å². The van der Waals surface area contributed by atoms with Gasteiger partial charge in [-0.05, 0) is 49.7 Å². The number of aryl methyl sites for hydroxylation is 1. The van der Waals surface area contributed by atoms with Crippen LogP contribution in [0.5, 0.6) is 5.75 Å². The first kappa shape index (κ1) is 15.6. The molecular formula is C17H18BrNO2. The maximum absolute atomic E-state index is 12.3. The minimum atomic E-state index is -0.503.